The molecule has 2 aromatic heterocycles. The van der Waals surface area contributed by atoms with Crippen molar-refractivity contribution in [2.45, 2.75) is 6.92 Å². The van der Waals surface area contributed by atoms with Gasteiger partial charge in [0.25, 0.3) is 0 Å². The van der Waals surface area contributed by atoms with E-state index < -0.39 is 0 Å². The molecule has 5 heteroatoms. The van der Waals surface area contributed by atoms with Crippen molar-refractivity contribution in [1.82, 2.24) is 15.0 Å². The van der Waals surface area contributed by atoms with Gasteiger partial charge >= 0.3 is 0 Å². The van der Waals surface area contributed by atoms with E-state index in [0.717, 1.165) is 17.1 Å². The van der Waals surface area contributed by atoms with Crippen LogP contribution in [-0.2, 0) is 0 Å². The predicted octanol–water partition coefficient (Wildman–Crippen LogP) is 1.49. The quantitative estimate of drug-likeness (QED) is 0.743. The van der Waals surface area contributed by atoms with Gasteiger partial charge in [-0.3, -0.25) is 9.97 Å². The normalized spacial score (nSPS) is 10.2. The Labute approximate surface area is 79.5 Å². The molecular weight excluding hydrogens is 184 g/mol. The zero-order valence-electron chi connectivity index (χ0n) is 7.06. The molecule has 0 aliphatic heterocycles. The monoisotopic (exact) mass is 192 g/mol. The minimum absolute atomic E-state index is 0.556. The van der Waals surface area contributed by atoms with Crippen LogP contribution in [0.1, 0.15) is 5.69 Å². The second-order valence-electron chi connectivity index (χ2n) is 2.56. The number of nitrogen functional groups attached to an aromatic ring is 1. The van der Waals surface area contributed by atoms with E-state index in [9.17, 15) is 0 Å². The largest absolute Gasteiger partial charge is 0.375 e. The number of rotatable bonds is 1. The standard InChI is InChI=1S/C8H8N4S/c1-5-7(11-3-2-10-5)6-4-13-8(9)12-6/h2-4H,1H3,(H2,9,12). The molecule has 0 atom stereocenters. The fraction of sp³-hybridized carbons (Fsp3) is 0.125. The Morgan fingerprint density at radius 1 is 1.31 bits per heavy atom. The summed E-state index contributed by atoms with van der Waals surface area (Å²) < 4.78 is 0. The average molecular weight is 192 g/mol. The lowest BCUT2D eigenvalue weighted by atomic mass is 10.3. The van der Waals surface area contributed by atoms with Crippen molar-refractivity contribution in [3.8, 4) is 11.4 Å². The molecule has 0 amide bonds. The Balaban J connectivity index is 2.52. The lowest BCUT2D eigenvalue weighted by molar-refractivity contribution is 1.11. The van der Waals surface area contributed by atoms with E-state index in [1.807, 2.05) is 12.3 Å². The van der Waals surface area contributed by atoms with Crippen molar-refractivity contribution in [3.05, 3.63) is 23.5 Å². The third kappa shape index (κ3) is 1.50. The van der Waals surface area contributed by atoms with Crippen molar-refractivity contribution >= 4 is 16.5 Å². The molecule has 13 heavy (non-hydrogen) atoms. The fourth-order valence-electron chi connectivity index (χ4n) is 1.06. The van der Waals surface area contributed by atoms with Gasteiger partial charge in [0.05, 0.1) is 5.69 Å². The summed E-state index contributed by atoms with van der Waals surface area (Å²) in [5, 5.41) is 2.44. The molecule has 0 spiro atoms. The van der Waals surface area contributed by atoms with Gasteiger partial charge in [-0.25, -0.2) is 4.98 Å². The average Bonchev–Trinajstić information content (AvgIpc) is 2.53. The van der Waals surface area contributed by atoms with Crippen molar-refractivity contribution < 1.29 is 0 Å². The van der Waals surface area contributed by atoms with E-state index in [2.05, 4.69) is 15.0 Å². The van der Waals surface area contributed by atoms with Crippen molar-refractivity contribution in [2.75, 3.05) is 5.73 Å². The van der Waals surface area contributed by atoms with E-state index in [4.69, 9.17) is 5.73 Å². The van der Waals surface area contributed by atoms with Gasteiger partial charge in [0.15, 0.2) is 5.13 Å². The van der Waals surface area contributed by atoms with E-state index in [-0.39, 0.29) is 0 Å². The predicted molar refractivity (Wildman–Crippen MR) is 52.3 cm³/mol. The summed E-state index contributed by atoms with van der Waals surface area (Å²) in [6.07, 6.45) is 3.31. The zero-order chi connectivity index (χ0) is 9.26. The Morgan fingerprint density at radius 3 is 2.69 bits per heavy atom. The van der Waals surface area contributed by atoms with Gasteiger partial charge < -0.3 is 5.73 Å². The number of nitrogens with two attached hydrogens (primary N) is 1. The Kier molecular flexibility index (Phi) is 1.94. The molecule has 0 radical (unpaired) electrons. The number of anilines is 1. The Hall–Kier alpha value is -1.49. The first-order valence-corrected chi connectivity index (χ1v) is 4.64. The molecule has 0 saturated heterocycles. The van der Waals surface area contributed by atoms with Gasteiger partial charge in [-0.05, 0) is 6.92 Å². The molecule has 4 nitrogen and oxygen atoms in total. The van der Waals surface area contributed by atoms with Gasteiger partial charge in [-0.2, -0.15) is 0 Å². The molecule has 0 aliphatic carbocycles. The molecule has 0 aliphatic rings. The van der Waals surface area contributed by atoms with Crippen molar-refractivity contribution in [2.24, 2.45) is 0 Å². The number of nitrogens with zero attached hydrogens (tertiary/aromatic N) is 3. The lowest BCUT2D eigenvalue weighted by Gasteiger charge is -1.97. The van der Waals surface area contributed by atoms with Crippen LogP contribution in [0.5, 0.6) is 0 Å². The molecule has 2 aromatic rings. The number of thiazole rings is 1. The minimum Gasteiger partial charge on any atom is -0.375 e. The molecule has 2 heterocycles. The first kappa shape index (κ1) is 8.12. The number of hydrogen-bond acceptors (Lipinski definition) is 5. The zero-order valence-corrected chi connectivity index (χ0v) is 7.88. The van der Waals surface area contributed by atoms with Crippen LogP contribution < -0.4 is 5.73 Å². The van der Waals surface area contributed by atoms with Crippen LogP contribution >= 0.6 is 11.3 Å². The summed E-state index contributed by atoms with van der Waals surface area (Å²) in [6.45, 7) is 1.90. The van der Waals surface area contributed by atoms with Gasteiger partial charge in [-0.1, -0.05) is 0 Å². The molecule has 0 bridgehead atoms. The van der Waals surface area contributed by atoms with Crippen LogP contribution in [0.4, 0.5) is 5.13 Å². The summed E-state index contributed by atoms with van der Waals surface area (Å²) in [6, 6.07) is 0. The van der Waals surface area contributed by atoms with Crippen molar-refractivity contribution in [3.63, 3.8) is 0 Å². The molecule has 0 saturated carbocycles. The van der Waals surface area contributed by atoms with Gasteiger partial charge in [0.1, 0.15) is 11.4 Å². The second kappa shape index (κ2) is 3.10. The van der Waals surface area contributed by atoms with Gasteiger partial charge in [0.2, 0.25) is 0 Å². The number of hydrogen-bond donors (Lipinski definition) is 1. The van der Waals surface area contributed by atoms with Crippen LogP contribution in [0, 0.1) is 6.92 Å². The number of aromatic nitrogens is 3. The van der Waals surface area contributed by atoms with Crippen LogP contribution in [0.25, 0.3) is 11.4 Å². The van der Waals surface area contributed by atoms with Crippen LogP contribution in [0.3, 0.4) is 0 Å². The SMILES string of the molecule is Cc1nccnc1-c1csc(N)n1. The highest BCUT2D eigenvalue weighted by Crippen LogP contribution is 2.22. The first-order valence-electron chi connectivity index (χ1n) is 3.76. The smallest absolute Gasteiger partial charge is 0.180 e. The highest BCUT2D eigenvalue weighted by molar-refractivity contribution is 7.13. The summed E-state index contributed by atoms with van der Waals surface area (Å²) in [4.78, 5) is 12.4. The lowest BCUT2D eigenvalue weighted by Crippen LogP contribution is -1.91. The topological polar surface area (TPSA) is 64.7 Å². The Morgan fingerprint density at radius 2 is 2.08 bits per heavy atom. The first-order chi connectivity index (χ1) is 6.27. The maximum Gasteiger partial charge on any atom is 0.180 e. The molecule has 0 fully saturated rings. The van der Waals surface area contributed by atoms with E-state index >= 15 is 0 Å². The van der Waals surface area contributed by atoms with Crippen LogP contribution in [0.2, 0.25) is 0 Å². The molecular formula is C8H8N4S. The number of aryl methyl sites for hydroxylation is 1. The summed E-state index contributed by atoms with van der Waals surface area (Å²) in [7, 11) is 0. The highest BCUT2D eigenvalue weighted by Gasteiger charge is 2.06. The van der Waals surface area contributed by atoms with Crippen LogP contribution in [-0.4, -0.2) is 15.0 Å². The molecule has 0 unspecified atom stereocenters. The molecule has 2 N–H and O–H groups in total. The molecule has 0 aromatic carbocycles. The Bertz CT molecular complexity index is 424. The van der Waals surface area contributed by atoms with Gasteiger partial charge in [-0.15, -0.1) is 11.3 Å². The highest BCUT2D eigenvalue weighted by atomic mass is 32.1. The van der Waals surface area contributed by atoms with Gasteiger partial charge in [0, 0.05) is 17.8 Å². The third-order valence-corrected chi connectivity index (χ3v) is 2.32. The third-order valence-electron chi connectivity index (χ3n) is 1.65. The molecule has 2 rings (SSSR count). The fourth-order valence-corrected chi connectivity index (χ4v) is 1.60. The molecule has 66 valence electrons. The van der Waals surface area contributed by atoms with E-state index in [1.165, 1.54) is 11.3 Å². The second-order valence-corrected chi connectivity index (χ2v) is 3.45. The van der Waals surface area contributed by atoms with Crippen LogP contribution in [0.15, 0.2) is 17.8 Å². The van der Waals surface area contributed by atoms with E-state index in [0.29, 0.717) is 5.13 Å². The summed E-state index contributed by atoms with van der Waals surface area (Å²) in [5.74, 6) is 0. The minimum atomic E-state index is 0.556. The maximum absolute atomic E-state index is 5.53. The van der Waals surface area contributed by atoms with E-state index in [1.54, 1.807) is 12.4 Å². The maximum atomic E-state index is 5.53. The summed E-state index contributed by atoms with van der Waals surface area (Å²) in [5.41, 5.74) is 7.99. The summed E-state index contributed by atoms with van der Waals surface area (Å²) >= 11 is 1.41. The van der Waals surface area contributed by atoms with Crippen molar-refractivity contribution in [1.29, 1.82) is 0 Å².